The van der Waals surface area contributed by atoms with Crippen LogP contribution in [0.15, 0.2) is 188 Å². The van der Waals surface area contributed by atoms with Crippen LogP contribution in [0.1, 0.15) is 0 Å². The van der Waals surface area contributed by atoms with E-state index in [1.807, 2.05) is 29.5 Å². The third-order valence-electron chi connectivity index (χ3n) is 11.2. The van der Waals surface area contributed by atoms with E-state index in [0.717, 1.165) is 50.2 Å². The molecule has 0 aliphatic heterocycles. The Balaban J connectivity index is 1.05. The monoisotopic (exact) mass is 757 g/mol. The second-order valence-corrected chi connectivity index (χ2v) is 15.7. The smallest absolute Gasteiger partial charge is 0.164 e. The molecule has 0 radical (unpaired) electrons. The molecule has 0 bridgehead atoms. The van der Waals surface area contributed by atoms with Crippen molar-refractivity contribution in [1.82, 2.24) is 24.5 Å². The highest BCUT2D eigenvalue weighted by molar-refractivity contribution is 7.26. The zero-order chi connectivity index (χ0) is 38.2. The van der Waals surface area contributed by atoms with Crippen molar-refractivity contribution < 1.29 is 0 Å². The molecule has 0 amide bonds. The van der Waals surface area contributed by atoms with Crippen molar-refractivity contribution in [2.24, 2.45) is 0 Å². The summed E-state index contributed by atoms with van der Waals surface area (Å²) >= 11 is 1.83. The molecule has 0 saturated carbocycles. The Morgan fingerprint density at radius 1 is 0.379 bits per heavy atom. The summed E-state index contributed by atoms with van der Waals surface area (Å²) in [4.78, 5) is 20.9. The first-order chi connectivity index (χ1) is 28.7. The van der Waals surface area contributed by atoms with E-state index in [-0.39, 0.29) is 0 Å². The SMILES string of the molecule is c1ccc(-c2nc(-c3cccc(-c4nc5cc6ccccc6cc5c5sc6ccccc6c45)c3)nc(-c3cccc(-n4c5ccccc5c5ccccc54)c3)n2)cc1. The largest absolute Gasteiger partial charge is 0.309 e. The average molecular weight is 758 g/mol. The van der Waals surface area contributed by atoms with E-state index in [0.29, 0.717) is 17.5 Å². The number of thiophene rings is 1. The molecule has 5 nitrogen and oxygen atoms in total. The molecule has 4 heterocycles. The number of hydrogen-bond donors (Lipinski definition) is 0. The molecule has 8 aromatic carbocycles. The summed E-state index contributed by atoms with van der Waals surface area (Å²) in [5.41, 5.74) is 9.03. The van der Waals surface area contributed by atoms with E-state index in [1.165, 1.54) is 47.1 Å². The van der Waals surface area contributed by atoms with Gasteiger partial charge in [-0.2, -0.15) is 0 Å². The number of rotatable bonds is 5. The quantitative estimate of drug-likeness (QED) is 0.164. The maximum atomic E-state index is 5.44. The van der Waals surface area contributed by atoms with Crippen molar-refractivity contribution in [2.75, 3.05) is 0 Å². The molecule has 0 N–H and O–H groups in total. The normalized spacial score (nSPS) is 11.8. The Morgan fingerprint density at radius 2 is 0.931 bits per heavy atom. The summed E-state index contributed by atoms with van der Waals surface area (Å²) in [7, 11) is 0. The van der Waals surface area contributed by atoms with E-state index >= 15 is 0 Å². The van der Waals surface area contributed by atoms with Gasteiger partial charge in [0.1, 0.15) is 0 Å². The first kappa shape index (κ1) is 32.7. The number of para-hydroxylation sites is 2. The van der Waals surface area contributed by atoms with Crippen LogP contribution in [0.25, 0.3) is 115 Å². The van der Waals surface area contributed by atoms with Gasteiger partial charge in [0.05, 0.1) is 22.2 Å². The van der Waals surface area contributed by atoms with Crippen molar-refractivity contribution in [2.45, 2.75) is 0 Å². The number of hydrogen-bond acceptors (Lipinski definition) is 5. The predicted octanol–water partition coefficient (Wildman–Crippen LogP) is 13.7. The van der Waals surface area contributed by atoms with E-state index in [2.05, 4.69) is 174 Å². The zero-order valence-corrected chi connectivity index (χ0v) is 31.9. The maximum Gasteiger partial charge on any atom is 0.164 e. The van der Waals surface area contributed by atoms with Crippen molar-refractivity contribution in [3.8, 4) is 51.1 Å². The fourth-order valence-electron chi connectivity index (χ4n) is 8.50. The molecule has 6 heteroatoms. The molecule has 0 aliphatic carbocycles. The van der Waals surface area contributed by atoms with Gasteiger partial charge in [-0.05, 0) is 59.3 Å². The minimum absolute atomic E-state index is 0.603. The predicted molar refractivity (Wildman–Crippen MR) is 242 cm³/mol. The molecule has 4 aromatic heterocycles. The molecule has 0 unspecified atom stereocenters. The van der Waals surface area contributed by atoms with Crippen molar-refractivity contribution in [3.63, 3.8) is 0 Å². The lowest BCUT2D eigenvalue weighted by Gasteiger charge is -2.12. The van der Waals surface area contributed by atoms with Gasteiger partial charge in [-0.15, -0.1) is 11.3 Å². The molecular formula is C52H31N5S. The van der Waals surface area contributed by atoms with Crippen LogP contribution in [-0.4, -0.2) is 24.5 Å². The lowest BCUT2D eigenvalue weighted by molar-refractivity contribution is 1.07. The van der Waals surface area contributed by atoms with Crippen molar-refractivity contribution >= 4 is 75.0 Å². The van der Waals surface area contributed by atoms with Gasteiger partial charge >= 0.3 is 0 Å². The van der Waals surface area contributed by atoms with Gasteiger partial charge in [0, 0.05) is 64.3 Å². The number of nitrogens with zero attached hydrogens (tertiary/aromatic N) is 5. The lowest BCUT2D eigenvalue weighted by Crippen LogP contribution is -2.01. The van der Waals surface area contributed by atoms with Crippen LogP contribution < -0.4 is 0 Å². The van der Waals surface area contributed by atoms with Crippen molar-refractivity contribution in [3.05, 3.63) is 188 Å². The number of fused-ring (bicyclic) bond motifs is 9. The van der Waals surface area contributed by atoms with Gasteiger partial charge < -0.3 is 4.57 Å². The van der Waals surface area contributed by atoms with Gasteiger partial charge in [-0.3, -0.25) is 0 Å². The first-order valence-corrected chi connectivity index (χ1v) is 20.2. The van der Waals surface area contributed by atoms with Crippen LogP contribution in [0.2, 0.25) is 0 Å². The Hall–Kier alpha value is -7.54. The van der Waals surface area contributed by atoms with E-state index in [1.54, 1.807) is 0 Å². The molecule has 270 valence electrons. The number of benzene rings is 8. The van der Waals surface area contributed by atoms with Gasteiger partial charge in [-0.1, -0.05) is 140 Å². The third-order valence-corrected chi connectivity index (χ3v) is 12.4. The summed E-state index contributed by atoms with van der Waals surface area (Å²) in [6.45, 7) is 0. The molecule has 0 spiro atoms. The second-order valence-electron chi connectivity index (χ2n) is 14.7. The van der Waals surface area contributed by atoms with Crippen molar-refractivity contribution in [1.29, 1.82) is 0 Å². The number of aromatic nitrogens is 5. The second kappa shape index (κ2) is 13.0. The van der Waals surface area contributed by atoms with E-state index in [9.17, 15) is 0 Å². The van der Waals surface area contributed by atoms with Crippen LogP contribution in [0, 0.1) is 0 Å². The maximum absolute atomic E-state index is 5.44. The zero-order valence-electron chi connectivity index (χ0n) is 31.0. The minimum Gasteiger partial charge on any atom is -0.309 e. The molecule has 58 heavy (non-hydrogen) atoms. The highest BCUT2D eigenvalue weighted by atomic mass is 32.1. The summed E-state index contributed by atoms with van der Waals surface area (Å²) in [5, 5.41) is 8.39. The topological polar surface area (TPSA) is 56.5 Å². The molecule has 0 fully saturated rings. The van der Waals surface area contributed by atoms with Crippen LogP contribution in [0.4, 0.5) is 0 Å². The summed E-state index contributed by atoms with van der Waals surface area (Å²) in [6, 6.07) is 66.0. The fourth-order valence-corrected chi connectivity index (χ4v) is 9.73. The minimum atomic E-state index is 0.603. The van der Waals surface area contributed by atoms with E-state index < -0.39 is 0 Å². The highest BCUT2D eigenvalue weighted by Gasteiger charge is 2.19. The van der Waals surface area contributed by atoms with Crippen LogP contribution in [0.5, 0.6) is 0 Å². The molecule has 12 rings (SSSR count). The average Bonchev–Trinajstić information content (AvgIpc) is 3.85. The number of pyridine rings is 1. The van der Waals surface area contributed by atoms with Crippen LogP contribution in [-0.2, 0) is 0 Å². The van der Waals surface area contributed by atoms with E-state index in [4.69, 9.17) is 19.9 Å². The summed E-state index contributed by atoms with van der Waals surface area (Å²) in [6.07, 6.45) is 0. The van der Waals surface area contributed by atoms with Crippen LogP contribution >= 0.6 is 11.3 Å². The Morgan fingerprint density at radius 3 is 1.67 bits per heavy atom. The Labute approximate surface area is 337 Å². The van der Waals surface area contributed by atoms with Gasteiger partial charge in [0.2, 0.25) is 0 Å². The van der Waals surface area contributed by atoms with Gasteiger partial charge in [0.15, 0.2) is 17.5 Å². The van der Waals surface area contributed by atoms with Gasteiger partial charge in [0.25, 0.3) is 0 Å². The molecule has 0 atom stereocenters. The Kier molecular flexibility index (Phi) is 7.33. The van der Waals surface area contributed by atoms with Gasteiger partial charge in [-0.25, -0.2) is 19.9 Å². The first-order valence-electron chi connectivity index (χ1n) is 19.4. The Bertz CT molecular complexity index is 3530. The molecular weight excluding hydrogens is 727 g/mol. The molecule has 0 aliphatic rings. The molecule has 0 saturated heterocycles. The summed E-state index contributed by atoms with van der Waals surface area (Å²) < 4.78 is 4.82. The third kappa shape index (κ3) is 5.23. The lowest BCUT2D eigenvalue weighted by atomic mass is 9.99. The summed E-state index contributed by atoms with van der Waals surface area (Å²) in [5.74, 6) is 1.83. The highest BCUT2D eigenvalue weighted by Crippen LogP contribution is 2.44. The molecule has 12 aromatic rings. The fraction of sp³-hybridized carbons (Fsp3) is 0. The van der Waals surface area contributed by atoms with Crippen LogP contribution in [0.3, 0.4) is 0 Å². The standard InChI is InChI=1S/C52H31N5S/c1-2-14-32(15-3-1)50-54-51(56-52(55-50)37-20-13-21-38(29-37)57-44-25-9-6-22-39(44)40-23-7-10-26-45(40)57)36-19-12-18-35(28-36)48-47-41-24-8-11-27-46(41)58-49(47)42-30-33-16-4-5-17-34(33)31-43(42)53-48/h1-31H.